The molecule has 0 aliphatic rings. The van der Waals surface area contributed by atoms with E-state index in [-0.39, 0.29) is 5.56 Å². The maximum absolute atomic E-state index is 13.8. The third kappa shape index (κ3) is 6.29. The lowest BCUT2D eigenvalue weighted by Crippen LogP contribution is -2.18. The van der Waals surface area contributed by atoms with Crippen LogP contribution < -0.4 is 14.9 Å². The molecule has 4 aromatic rings. The Kier molecular flexibility index (Phi) is 7.64. The lowest BCUT2D eigenvalue weighted by Gasteiger charge is -2.14. The van der Waals surface area contributed by atoms with Gasteiger partial charge in [0.15, 0.2) is 11.5 Å². The molecule has 6 heteroatoms. The van der Waals surface area contributed by atoms with Gasteiger partial charge in [-0.1, -0.05) is 72.8 Å². The summed E-state index contributed by atoms with van der Waals surface area (Å²) >= 11 is 0. The molecule has 0 unspecified atom stereocenters. The first-order valence-electron chi connectivity index (χ1n) is 10.7. The van der Waals surface area contributed by atoms with Gasteiger partial charge in [-0.25, -0.2) is 9.82 Å². The van der Waals surface area contributed by atoms with E-state index in [2.05, 4.69) is 10.5 Å². The van der Waals surface area contributed by atoms with Gasteiger partial charge in [0.1, 0.15) is 19.0 Å². The predicted molar refractivity (Wildman–Crippen MR) is 129 cm³/mol. The molecule has 0 aliphatic carbocycles. The van der Waals surface area contributed by atoms with Crippen molar-refractivity contribution in [3.63, 3.8) is 0 Å². The smallest absolute Gasteiger partial charge is 0.274 e. The van der Waals surface area contributed by atoms with Crippen molar-refractivity contribution < 1.29 is 18.7 Å². The molecule has 1 amide bonds. The number of ether oxygens (including phenoxy) is 2. The Labute approximate surface area is 197 Å². The Morgan fingerprint density at radius 2 is 1.35 bits per heavy atom. The minimum absolute atomic E-state index is 0.0730. The van der Waals surface area contributed by atoms with E-state index in [4.69, 9.17) is 9.47 Å². The third-order valence-electron chi connectivity index (χ3n) is 4.94. The Hall–Kier alpha value is -4.45. The molecule has 0 heterocycles. The van der Waals surface area contributed by atoms with E-state index in [9.17, 15) is 9.18 Å². The monoisotopic (exact) mass is 454 g/mol. The largest absolute Gasteiger partial charge is 0.485 e. The molecule has 0 spiro atoms. The molecule has 5 nitrogen and oxygen atoms in total. The first-order chi connectivity index (χ1) is 16.7. The minimum Gasteiger partial charge on any atom is -0.485 e. The van der Waals surface area contributed by atoms with Crippen molar-refractivity contribution in [2.45, 2.75) is 13.2 Å². The maximum atomic E-state index is 13.8. The number of hydrazone groups is 1. The highest BCUT2D eigenvalue weighted by Gasteiger charge is 2.10. The fraction of sp³-hybridized carbons (Fsp3) is 0.0714. The van der Waals surface area contributed by atoms with Gasteiger partial charge in [0.25, 0.3) is 5.91 Å². The maximum Gasteiger partial charge on any atom is 0.274 e. The quantitative estimate of drug-likeness (QED) is 0.259. The van der Waals surface area contributed by atoms with Crippen molar-refractivity contribution in [2.75, 3.05) is 0 Å². The second-order valence-electron chi connectivity index (χ2n) is 7.43. The van der Waals surface area contributed by atoms with Crippen molar-refractivity contribution in [3.05, 3.63) is 131 Å². The number of nitrogens with one attached hydrogen (secondary N) is 1. The first-order valence-corrected chi connectivity index (χ1v) is 10.7. The highest BCUT2D eigenvalue weighted by atomic mass is 19.1. The zero-order chi connectivity index (χ0) is 23.6. The zero-order valence-corrected chi connectivity index (χ0v) is 18.4. The summed E-state index contributed by atoms with van der Waals surface area (Å²) < 4.78 is 25.8. The lowest BCUT2D eigenvalue weighted by atomic mass is 10.2. The minimum atomic E-state index is -0.627. The van der Waals surface area contributed by atoms with Crippen LogP contribution in [-0.4, -0.2) is 12.1 Å². The van der Waals surface area contributed by atoms with E-state index < -0.39 is 11.7 Å². The van der Waals surface area contributed by atoms with Gasteiger partial charge < -0.3 is 9.47 Å². The molecule has 0 saturated carbocycles. The summed E-state index contributed by atoms with van der Waals surface area (Å²) in [7, 11) is 0. The van der Waals surface area contributed by atoms with E-state index in [0.717, 1.165) is 11.1 Å². The molecule has 4 aromatic carbocycles. The topological polar surface area (TPSA) is 59.9 Å². The summed E-state index contributed by atoms with van der Waals surface area (Å²) in [6.45, 7) is 0.766. The summed E-state index contributed by atoms with van der Waals surface area (Å²) in [4.78, 5) is 12.1. The van der Waals surface area contributed by atoms with Gasteiger partial charge in [0, 0.05) is 0 Å². The second kappa shape index (κ2) is 11.4. The van der Waals surface area contributed by atoms with Gasteiger partial charge >= 0.3 is 0 Å². The van der Waals surface area contributed by atoms with Crippen LogP contribution in [0.3, 0.4) is 0 Å². The number of carbonyl (C=O) groups excluding carboxylic acids is 1. The number of carbonyl (C=O) groups is 1. The molecule has 0 aromatic heterocycles. The zero-order valence-electron chi connectivity index (χ0n) is 18.4. The van der Waals surface area contributed by atoms with Crippen molar-refractivity contribution in [1.82, 2.24) is 5.43 Å². The van der Waals surface area contributed by atoms with Gasteiger partial charge in [-0.05, 0) is 47.0 Å². The van der Waals surface area contributed by atoms with Crippen molar-refractivity contribution >= 4 is 12.1 Å². The van der Waals surface area contributed by atoms with Crippen LogP contribution >= 0.6 is 0 Å². The van der Waals surface area contributed by atoms with Crippen LogP contribution in [0.4, 0.5) is 4.39 Å². The molecule has 0 fully saturated rings. The van der Waals surface area contributed by atoms with Gasteiger partial charge in [0.05, 0.1) is 11.8 Å². The number of rotatable bonds is 9. The molecule has 0 aliphatic heterocycles. The Balaban J connectivity index is 1.48. The van der Waals surface area contributed by atoms with Gasteiger partial charge in [-0.2, -0.15) is 5.10 Å². The molecule has 34 heavy (non-hydrogen) atoms. The van der Waals surface area contributed by atoms with E-state index in [0.29, 0.717) is 30.3 Å². The number of amides is 1. The average Bonchev–Trinajstić information content (AvgIpc) is 2.88. The fourth-order valence-corrected chi connectivity index (χ4v) is 3.18. The Morgan fingerprint density at radius 1 is 0.765 bits per heavy atom. The summed E-state index contributed by atoms with van der Waals surface area (Å²) in [6, 6.07) is 30.8. The Morgan fingerprint density at radius 3 is 2.00 bits per heavy atom. The van der Waals surface area contributed by atoms with Gasteiger partial charge in [-0.15, -0.1) is 0 Å². The first kappa shape index (κ1) is 22.7. The normalized spacial score (nSPS) is 10.7. The van der Waals surface area contributed by atoms with Crippen LogP contribution in [0.25, 0.3) is 0 Å². The van der Waals surface area contributed by atoms with Gasteiger partial charge in [0.2, 0.25) is 0 Å². The number of benzene rings is 4. The van der Waals surface area contributed by atoms with E-state index in [1.165, 1.54) is 24.4 Å². The molecular formula is C28H23FN2O3. The summed E-state index contributed by atoms with van der Waals surface area (Å²) in [5.41, 5.74) is 5.02. The van der Waals surface area contributed by atoms with Crippen LogP contribution in [0.5, 0.6) is 11.5 Å². The van der Waals surface area contributed by atoms with Crippen LogP contribution in [-0.2, 0) is 13.2 Å². The van der Waals surface area contributed by atoms with Crippen molar-refractivity contribution in [1.29, 1.82) is 0 Å². The lowest BCUT2D eigenvalue weighted by molar-refractivity contribution is 0.0951. The summed E-state index contributed by atoms with van der Waals surface area (Å²) in [5, 5.41) is 3.95. The molecule has 1 N–H and O–H groups in total. The van der Waals surface area contributed by atoms with Crippen LogP contribution in [0.15, 0.2) is 108 Å². The van der Waals surface area contributed by atoms with Crippen molar-refractivity contribution in [3.8, 4) is 11.5 Å². The highest BCUT2D eigenvalue weighted by Crippen LogP contribution is 2.29. The molecule has 4 rings (SSSR count). The number of hydrogen-bond acceptors (Lipinski definition) is 4. The Bertz CT molecular complexity index is 1260. The van der Waals surface area contributed by atoms with Crippen LogP contribution in [0, 0.1) is 5.82 Å². The number of nitrogens with zero attached hydrogens (tertiary/aromatic N) is 1. The average molecular weight is 455 g/mol. The van der Waals surface area contributed by atoms with Gasteiger partial charge in [-0.3, -0.25) is 4.79 Å². The molecule has 0 radical (unpaired) electrons. The standard InChI is InChI=1S/C28H23FN2O3/c29-25-14-8-7-13-24(25)28(32)31-30-18-23-15-16-26(33-19-21-9-3-1-4-10-21)27(17-23)34-20-22-11-5-2-6-12-22/h1-18H,19-20H2,(H,31,32)/b30-18-. The summed E-state index contributed by atoms with van der Waals surface area (Å²) in [6.07, 6.45) is 1.47. The van der Waals surface area contributed by atoms with E-state index >= 15 is 0 Å². The number of hydrogen-bond donors (Lipinski definition) is 1. The predicted octanol–water partition coefficient (Wildman–Crippen LogP) is 5.75. The van der Waals surface area contributed by atoms with E-state index in [1.807, 2.05) is 60.7 Å². The molecule has 0 bridgehead atoms. The third-order valence-corrected chi connectivity index (χ3v) is 4.94. The van der Waals surface area contributed by atoms with Crippen molar-refractivity contribution in [2.24, 2.45) is 5.10 Å². The highest BCUT2D eigenvalue weighted by molar-refractivity contribution is 5.95. The second-order valence-corrected chi connectivity index (χ2v) is 7.43. The molecule has 0 atom stereocenters. The van der Waals surface area contributed by atoms with Crippen LogP contribution in [0.1, 0.15) is 27.0 Å². The molecule has 0 saturated heterocycles. The van der Waals surface area contributed by atoms with E-state index in [1.54, 1.807) is 24.3 Å². The molecule has 170 valence electrons. The molecular weight excluding hydrogens is 431 g/mol. The fourth-order valence-electron chi connectivity index (χ4n) is 3.18. The van der Waals surface area contributed by atoms with Crippen LogP contribution in [0.2, 0.25) is 0 Å². The number of halogens is 1. The summed E-state index contributed by atoms with van der Waals surface area (Å²) in [5.74, 6) is -0.0964. The SMILES string of the molecule is O=C(N/N=C\c1ccc(OCc2ccccc2)c(OCc2ccccc2)c1)c1ccccc1F.